The quantitative estimate of drug-likeness (QED) is 0.472. The fraction of sp³-hybridized carbons (Fsp3) is 0.227. The molecule has 1 N–H and O–H groups in total. The van der Waals surface area contributed by atoms with E-state index < -0.39 is 5.97 Å². The molecule has 1 aromatic carbocycles. The zero-order valence-electron chi connectivity index (χ0n) is 16.9. The summed E-state index contributed by atoms with van der Waals surface area (Å²) < 4.78 is 10.1. The topological polar surface area (TPSA) is 75.0 Å². The number of esters is 1. The molecule has 0 bridgehead atoms. The van der Waals surface area contributed by atoms with Gasteiger partial charge in [-0.2, -0.15) is 0 Å². The predicted octanol–water partition coefficient (Wildman–Crippen LogP) is 3.95. The first-order chi connectivity index (χ1) is 15.1. The van der Waals surface area contributed by atoms with E-state index in [1.165, 1.54) is 24.7 Å². The van der Waals surface area contributed by atoms with Crippen molar-refractivity contribution in [2.24, 2.45) is 0 Å². The van der Waals surface area contributed by atoms with Gasteiger partial charge in [0.1, 0.15) is 5.00 Å². The van der Waals surface area contributed by atoms with Crippen LogP contribution in [0.25, 0.3) is 10.4 Å². The van der Waals surface area contributed by atoms with Crippen LogP contribution in [-0.4, -0.2) is 60.1 Å². The highest BCUT2D eigenvalue weighted by Gasteiger charge is 2.26. The monoisotopic (exact) mass is 455 g/mol. The van der Waals surface area contributed by atoms with Crippen LogP contribution in [0.3, 0.4) is 0 Å². The van der Waals surface area contributed by atoms with Crippen LogP contribution < -0.4 is 5.32 Å². The van der Waals surface area contributed by atoms with Gasteiger partial charge in [0.25, 0.3) is 5.91 Å². The second kappa shape index (κ2) is 9.32. The molecule has 4 rings (SSSR count). The lowest BCUT2D eigenvalue weighted by Crippen LogP contribution is -2.51. The Balaban J connectivity index is 1.44. The van der Waals surface area contributed by atoms with Crippen LogP contribution in [-0.2, 0) is 4.74 Å². The number of nitrogens with one attached hydrogen (secondary N) is 1. The van der Waals surface area contributed by atoms with Gasteiger partial charge in [-0.1, -0.05) is 30.3 Å². The summed E-state index contributed by atoms with van der Waals surface area (Å²) in [6.07, 6.45) is 1.49. The molecular weight excluding hydrogens is 434 g/mol. The van der Waals surface area contributed by atoms with Crippen molar-refractivity contribution in [1.82, 2.24) is 9.80 Å². The third kappa shape index (κ3) is 4.62. The molecule has 0 aliphatic carbocycles. The van der Waals surface area contributed by atoms with Gasteiger partial charge in [-0.25, -0.2) is 4.79 Å². The number of anilines is 1. The third-order valence-electron chi connectivity index (χ3n) is 5.00. The molecule has 9 heteroatoms. The lowest BCUT2D eigenvalue weighted by atomic mass is 10.1. The molecule has 2 aromatic heterocycles. The van der Waals surface area contributed by atoms with Gasteiger partial charge in [0.05, 0.1) is 18.9 Å². The maximum atomic E-state index is 12.4. The number of carbonyl (C=O) groups is 2. The summed E-state index contributed by atoms with van der Waals surface area (Å²) in [4.78, 5) is 29.4. The Bertz CT molecular complexity index is 1070. The summed E-state index contributed by atoms with van der Waals surface area (Å²) in [7, 11) is 1.36. The van der Waals surface area contributed by atoms with E-state index in [-0.39, 0.29) is 5.91 Å². The normalized spacial score (nSPS) is 13.7. The van der Waals surface area contributed by atoms with E-state index in [2.05, 4.69) is 5.32 Å². The van der Waals surface area contributed by atoms with Crippen LogP contribution in [0.15, 0.2) is 59.2 Å². The molecule has 0 atom stereocenters. The lowest BCUT2D eigenvalue weighted by molar-refractivity contribution is 0.0601. The number of ether oxygens (including phenoxy) is 1. The average molecular weight is 456 g/mol. The second-order valence-corrected chi connectivity index (χ2v) is 8.34. The standard InChI is InChI=1S/C22H21N3O4S2/c1-28-21(27)16-14-18(15-6-3-2-4-7-15)31-19(16)23-22(30)25-11-9-24(10-12-25)20(26)17-8-5-13-29-17/h2-8,13-14H,9-12H2,1H3,(H,23,30). The van der Waals surface area contributed by atoms with Crippen molar-refractivity contribution in [3.05, 3.63) is 66.1 Å². The number of furan rings is 1. The Morgan fingerprint density at radius 3 is 2.42 bits per heavy atom. The largest absolute Gasteiger partial charge is 0.465 e. The van der Waals surface area contributed by atoms with Crippen LogP contribution in [0.2, 0.25) is 0 Å². The molecule has 31 heavy (non-hydrogen) atoms. The summed E-state index contributed by atoms with van der Waals surface area (Å²) in [6, 6.07) is 15.0. The summed E-state index contributed by atoms with van der Waals surface area (Å²) in [5.41, 5.74) is 1.46. The van der Waals surface area contributed by atoms with E-state index in [9.17, 15) is 9.59 Å². The number of carbonyl (C=O) groups excluding carboxylic acids is 2. The Kier molecular flexibility index (Phi) is 6.34. The van der Waals surface area contributed by atoms with Crippen molar-refractivity contribution >= 4 is 45.5 Å². The Labute approximate surface area is 189 Å². The van der Waals surface area contributed by atoms with Crippen LogP contribution in [0.5, 0.6) is 0 Å². The molecule has 1 fully saturated rings. The van der Waals surface area contributed by atoms with Gasteiger partial charge < -0.3 is 24.3 Å². The number of hydrogen-bond acceptors (Lipinski definition) is 6. The van der Waals surface area contributed by atoms with Crippen LogP contribution >= 0.6 is 23.6 Å². The molecule has 3 heterocycles. The number of thiocarbonyl (C=S) groups is 1. The maximum absolute atomic E-state index is 12.4. The van der Waals surface area contributed by atoms with Crippen molar-refractivity contribution in [2.75, 3.05) is 38.6 Å². The van der Waals surface area contributed by atoms with E-state index in [0.717, 1.165) is 10.4 Å². The van der Waals surface area contributed by atoms with E-state index in [1.54, 1.807) is 17.0 Å². The van der Waals surface area contributed by atoms with Gasteiger partial charge in [-0.05, 0) is 36.0 Å². The number of nitrogens with zero attached hydrogens (tertiary/aromatic N) is 2. The molecular formula is C22H21N3O4S2. The zero-order valence-corrected chi connectivity index (χ0v) is 18.5. The third-order valence-corrected chi connectivity index (χ3v) is 6.46. The van der Waals surface area contributed by atoms with Gasteiger partial charge >= 0.3 is 5.97 Å². The molecule has 1 aliphatic heterocycles. The molecule has 160 valence electrons. The number of rotatable bonds is 4. The van der Waals surface area contributed by atoms with E-state index in [4.69, 9.17) is 21.4 Å². The molecule has 0 spiro atoms. The fourth-order valence-electron chi connectivity index (χ4n) is 3.34. The van der Waals surface area contributed by atoms with Gasteiger partial charge in [-0.15, -0.1) is 11.3 Å². The Morgan fingerprint density at radius 1 is 1.06 bits per heavy atom. The first-order valence-electron chi connectivity index (χ1n) is 9.73. The minimum Gasteiger partial charge on any atom is -0.465 e. The Morgan fingerprint density at radius 2 is 1.77 bits per heavy atom. The minimum atomic E-state index is -0.419. The SMILES string of the molecule is COC(=O)c1cc(-c2ccccc2)sc1NC(=S)N1CCN(C(=O)c2ccco2)CC1. The number of amides is 1. The molecule has 1 amide bonds. The fourth-order valence-corrected chi connectivity index (χ4v) is 4.73. The smallest absolute Gasteiger partial charge is 0.340 e. The van der Waals surface area contributed by atoms with Gasteiger partial charge in [0.15, 0.2) is 10.9 Å². The molecule has 0 saturated carbocycles. The molecule has 7 nitrogen and oxygen atoms in total. The second-order valence-electron chi connectivity index (χ2n) is 6.90. The highest BCUT2D eigenvalue weighted by molar-refractivity contribution is 7.80. The predicted molar refractivity (Wildman–Crippen MR) is 123 cm³/mol. The van der Waals surface area contributed by atoms with Crippen LogP contribution in [0.1, 0.15) is 20.9 Å². The first-order valence-corrected chi connectivity index (χ1v) is 11.0. The van der Waals surface area contributed by atoms with Gasteiger partial charge in [0, 0.05) is 31.1 Å². The summed E-state index contributed by atoms with van der Waals surface area (Å²) in [5, 5.41) is 4.36. The number of piperazine rings is 1. The van der Waals surface area contributed by atoms with E-state index in [1.807, 2.05) is 41.3 Å². The molecule has 3 aromatic rings. The number of benzene rings is 1. The summed E-state index contributed by atoms with van der Waals surface area (Å²) in [6.45, 7) is 2.24. The lowest BCUT2D eigenvalue weighted by Gasteiger charge is -2.35. The minimum absolute atomic E-state index is 0.123. The van der Waals surface area contributed by atoms with Crippen molar-refractivity contribution in [1.29, 1.82) is 0 Å². The Hall–Kier alpha value is -3.17. The molecule has 1 aliphatic rings. The van der Waals surface area contributed by atoms with E-state index in [0.29, 0.717) is 47.6 Å². The van der Waals surface area contributed by atoms with Crippen molar-refractivity contribution in [3.8, 4) is 10.4 Å². The molecule has 0 radical (unpaired) electrons. The van der Waals surface area contributed by atoms with Crippen LogP contribution in [0.4, 0.5) is 5.00 Å². The van der Waals surface area contributed by atoms with Crippen molar-refractivity contribution in [2.45, 2.75) is 0 Å². The van der Waals surface area contributed by atoms with Gasteiger partial charge in [0.2, 0.25) is 0 Å². The number of hydrogen-bond donors (Lipinski definition) is 1. The first kappa shape index (κ1) is 21.1. The molecule has 1 saturated heterocycles. The van der Waals surface area contributed by atoms with Gasteiger partial charge in [-0.3, -0.25) is 4.79 Å². The summed E-state index contributed by atoms with van der Waals surface area (Å²) >= 11 is 7.05. The highest BCUT2D eigenvalue weighted by atomic mass is 32.1. The van der Waals surface area contributed by atoms with E-state index >= 15 is 0 Å². The number of thiophene rings is 1. The summed E-state index contributed by atoms with van der Waals surface area (Å²) in [5.74, 6) is -0.205. The van der Waals surface area contributed by atoms with Crippen molar-refractivity contribution < 1.29 is 18.7 Å². The highest BCUT2D eigenvalue weighted by Crippen LogP contribution is 2.36. The average Bonchev–Trinajstić information content (AvgIpc) is 3.49. The number of methoxy groups -OCH3 is 1. The maximum Gasteiger partial charge on any atom is 0.340 e. The molecule has 0 unspecified atom stereocenters. The van der Waals surface area contributed by atoms with Crippen LogP contribution in [0, 0.1) is 0 Å². The zero-order chi connectivity index (χ0) is 21.8. The van der Waals surface area contributed by atoms with Crippen molar-refractivity contribution in [3.63, 3.8) is 0 Å².